The van der Waals surface area contributed by atoms with Crippen LogP contribution in [0.2, 0.25) is 0 Å². The summed E-state index contributed by atoms with van der Waals surface area (Å²) in [6, 6.07) is 12.1. The lowest BCUT2D eigenvalue weighted by Crippen LogP contribution is -2.00. The third-order valence-corrected chi connectivity index (χ3v) is 4.24. The lowest BCUT2D eigenvalue weighted by Gasteiger charge is -2.17. The van der Waals surface area contributed by atoms with Gasteiger partial charge in [-0.25, -0.2) is 0 Å². The molecule has 0 aliphatic heterocycles. The van der Waals surface area contributed by atoms with Gasteiger partial charge in [0.2, 0.25) is 0 Å². The van der Waals surface area contributed by atoms with Gasteiger partial charge in [0.15, 0.2) is 0 Å². The number of unbranched alkanes of at least 4 members (excludes halogenated alkanes) is 7. The lowest BCUT2D eigenvalue weighted by atomic mass is 9.88. The maximum atomic E-state index is 3.46. The predicted molar refractivity (Wildman–Crippen MR) is 90.2 cm³/mol. The fourth-order valence-electron chi connectivity index (χ4n) is 2.93. The minimum absolute atomic E-state index is 0.745. The van der Waals surface area contributed by atoms with Crippen molar-refractivity contribution < 1.29 is 0 Å². The van der Waals surface area contributed by atoms with Gasteiger partial charge >= 0.3 is 0 Å². The Morgan fingerprint density at radius 2 is 1.40 bits per heavy atom. The molecular weight excluding hydrogens is 240 g/mol. The molecule has 1 aromatic carbocycles. The molecule has 0 saturated heterocycles. The summed E-state index contributed by atoms with van der Waals surface area (Å²) in [5, 5.41) is 0. The third-order valence-electron chi connectivity index (χ3n) is 4.24. The van der Waals surface area contributed by atoms with E-state index in [0.29, 0.717) is 0 Å². The molecule has 1 unspecified atom stereocenters. The van der Waals surface area contributed by atoms with Gasteiger partial charge in [0, 0.05) is 0 Å². The molecule has 0 fully saturated rings. The first-order valence-electron chi connectivity index (χ1n) is 8.85. The van der Waals surface area contributed by atoms with Crippen molar-refractivity contribution in [1.82, 2.24) is 0 Å². The maximum absolute atomic E-state index is 3.46. The molecule has 1 rings (SSSR count). The van der Waals surface area contributed by atoms with Crippen molar-refractivity contribution in [2.24, 2.45) is 0 Å². The Kier molecular flexibility index (Phi) is 10.4. The van der Waals surface area contributed by atoms with Crippen LogP contribution in [0, 0.1) is 6.07 Å². The molecule has 0 bridgehead atoms. The first-order valence-corrected chi connectivity index (χ1v) is 8.85. The van der Waals surface area contributed by atoms with Gasteiger partial charge in [-0.05, 0) is 30.4 Å². The number of rotatable bonds is 12. The Hall–Kier alpha value is -0.780. The average Bonchev–Trinajstić information content (AvgIpc) is 2.50. The van der Waals surface area contributed by atoms with Crippen LogP contribution in [0.1, 0.15) is 96.0 Å². The molecule has 0 N–H and O–H groups in total. The smallest absolute Gasteiger partial charge is 0.0146 e. The van der Waals surface area contributed by atoms with E-state index >= 15 is 0 Å². The van der Waals surface area contributed by atoms with E-state index in [1.165, 1.54) is 76.2 Å². The quantitative estimate of drug-likeness (QED) is 0.363. The van der Waals surface area contributed by atoms with Crippen LogP contribution in [0.5, 0.6) is 0 Å². The van der Waals surface area contributed by atoms with Crippen molar-refractivity contribution in [3.05, 3.63) is 35.9 Å². The monoisotopic (exact) mass is 273 g/mol. The van der Waals surface area contributed by atoms with Crippen LogP contribution in [0.25, 0.3) is 0 Å². The van der Waals surface area contributed by atoms with Crippen LogP contribution in [0.4, 0.5) is 0 Å². The molecule has 0 amide bonds. The van der Waals surface area contributed by atoms with E-state index in [0.717, 1.165) is 5.92 Å². The summed E-state index contributed by atoms with van der Waals surface area (Å²) in [7, 11) is 0. The molecule has 0 aliphatic carbocycles. The van der Waals surface area contributed by atoms with E-state index in [-0.39, 0.29) is 0 Å². The van der Waals surface area contributed by atoms with Crippen LogP contribution in [-0.4, -0.2) is 0 Å². The molecule has 0 saturated carbocycles. The highest BCUT2D eigenvalue weighted by atomic mass is 14.2. The summed E-state index contributed by atoms with van der Waals surface area (Å²) >= 11 is 0. The molecule has 1 atom stereocenters. The largest absolute Gasteiger partial charge is 0.0654 e. The van der Waals surface area contributed by atoms with E-state index in [9.17, 15) is 0 Å². The van der Waals surface area contributed by atoms with Crippen LogP contribution >= 0.6 is 0 Å². The van der Waals surface area contributed by atoms with Crippen molar-refractivity contribution in [3.8, 4) is 0 Å². The molecule has 1 radical (unpaired) electrons. The maximum Gasteiger partial charge on any atom is -0.0146 e. The highest BCUT2D eigenvalue weighted by molar-refractivity contribution is 5.17. The molecule has 0 heteroatoms. The van der Waals surface area contributed by atoms with E-state index in [1.807, 2.05) is 0 Å². The number of hydrogen-bond acceptors (Lipinski definition) is 0. The second-order valence-electron chi connectivity index (χ2n) is 6.07. The van der Waals surface area contributed by atoms with Crippen LogP contribution < -0.4 is 0 Å². The summed E-state index contributed by atoms with van der Waals surface area (Å²) in [5.74, 6) is 0.745. The standard InChI is InChI=1S/C20H33/c1-3-5-7-9-12-16-19(15-11-8-6-4-2)20-17-13-10-14-18-20/h10,13-14,17,19H,3-9,11-12,15-16H2,1-2H3. The molecule has 113 valence electrons. The van der Waals surface area contributed by atoms with E-state index in [2.05, 4.69) is 44.2 Å². The van der Waals surface area contributed by atoms with Crippen LogP contribution in [-0.2, 0) is 0 Å². The van der Waals surface area contributed by atoms with Gasteiger partial charge in [-0.3, -0.25) is 0 Å². The number of hydrogen-bond donors (Lipinski definition) is 0. The summed E-state index contributed by atoms with van der Waals surface area (Å²) < 4.78 is 0. The minimum atomic E-state index is 0.745. The van der Waals surface area contributed by atoms with Crippen LogP contribution in [0.15, 0.2) is 24.3 Å². The molecule has 0 aromatic heterocycles. The normalized spacial score (nSPS) is 12.5. The van der Waals surface area contributed by atoms with Crippen molar-refractivity contribution in [3.63, 3.8) is 0 Å². The van der Waals surface area contributed by atoms with E-state index in [1.54, 1.807) is 0 Å². The van der Waals surface area contributed by atoms with Gasteiger partial charge < -0.3 is 0 Å². The molecule has 0 spiro atoms. The van der Waals surface area contributed by atoms with Gasteiger partial charge in [-0.1, -0.05) is 95.9 Å². The first kappa shape index (κ1) is 17.3. The molecule has 0 nitrogen and oxygen atoms in total. The van der Waals surface area contributed by atoms with Gasteiger partial charge in [0.25, 0.3) is 0 Å². The Morgan fingerprint density at radius 1 is 0.800 bits per heavy atom. The highest BCUT2D eigenvalue weighted by Crippen LogP contribution is 2.28. The number of benzene rings is 1. The minimum Gasteiger partial charge on any atom is -0.0654 e. The van der Waals surface area contributed by atoms with E-state index in [4.69, 9.17) is 0 Å². The van der Waals surface area contributed by atoms with Crippen molar-refractivity contribution in [1.29, 1.82) is 0 Å². The zero-order chi connectivity index (χ0) is 14.5. The summed E-state index contributed by atoms with van der Waals surface area (Å²) in [5.41, 5.74) is 1.44. The van der Waals surface area contributed by atoms with Crippen LogP contribution in [0.3, 0.4) is 0 Å². The fourth-order valence-corrected chi connectivity index (χ4v) is 2.93. The predicted octanol–water partition coefficient (Wildman–Crippen LogP) is 6.90. The topological polar surface area (TPSA) is 0 Å². The molecule has 0 aliphatic rings. The fraction of sp³-hybridized carbons (Fsp3) is 0.700. The van der Waals surface area contributed by atoms with Crippen molar-refractivity contribution in [2.45, 2.75) is 90.4 Å². The second kappa shape index (κ2) is 12.0. The summed E-state index contributed by atoms with van der Waals surface area (Å²) in [6.45, 7) is 4.58. The molecule has 0 heterocycles. The zero-order valence-corrected chi connectivity index (χ0v) is 13.7. The lowest BCUT2D eigenvalue weighted by molar-refractivity contribution is 0.493. The molecular formula is C20H33. The Morgan fingerprint density at radius 3 is 1.95 bits per heavy atom. The van der Waals surface area contributed by atoms with Crippen molar-refractivity contribution >= 4 is 0 Å². The molecule has 20 heavy (non-hydrogen) atoms. The van der Waals surface area contributed by atoms with Gasteiger partial charge in [0.1, 0.15) is 0 Å². The highest BCUT2D eigenvalue weighted by Gasteiger charge is 2.10. The Labute approximate surface area is 127 Å². The summed E-state index contributed by atoms with van der Waals surface area (Å²) in [4.78, 5) is 0. The SMILES string of the molecule is CCCCCCCC(CCCCCC)c1[c]cccc1. The van der Waals surface area contributed by atoms with Gasteiger partial charge in [0.05, 0.1) is 0 Å². The van der Waals surface area contributed by atoms with Gasteiger partial charge in [-0.15, -0.1) is 0 Å². The van der Waals surface area contributed by atoms with Crippen molar-refractivity contribution in [2.75, 3.05) is 0 Å². The Bertz CT molecular complexity index is 301. The average molecular weight is 273 g/mol. The summed E-state index contributed by atoms with van der Waals surface area (Å²) in [6.07, 6.45) is 15.2. The first-order chi connectivity index (χ1) is 9.88. The van der Waals surface area contributed by atoms with Gasteiger partial charge in [-0.2, -0.15) is 0 Å². The molecule has 1 aromatic rings. The van der Waals surface area contributed by atoms with E-state index < -0.39 is 0 Å². The third kappa shape index (κ3) is 7.72. The Balaban J connectivity index is 2.35. The second-order valence-corrected chi connectivity index (χ2v) is 6.07. The zero-order valence-electron chi connectivity index (χ0n) is 13.7.